The summed E-state index contributed by atoms with van der Waals surface area (Å²) in [6.45, 7) is 1.87. The summed E-state index contributed by atoms with van der Waals surface area (Å²) in [7, 11) is 0. The molecule has 0 aromatic carbocycles. The molecule has 1 aromatic rings. The number of rotatable bonds is 4. The van der Waals surface area contributed by atoms with Gasteiger partial charge in [0.2, 0.25) is 0 Å². The van der Waals surface area contributed by atoms with Gasteiger partial charge < -0.3 is 5.11 Å². The highest BCUT2D eigenvalue weighted by Gasteiger charge is 2.11. The van der Waals surface area contributed by atoms with Crippen molar-refractivity contribution in [2.45, 2.75) is 25.9 Å². The highest BCUT2D eigenvalue weighted by Crippen LogP contribution is 2.13. The van der Waals surface area contributed by atoms with Gasteiger partial charge in [0, 0.05) is 6.42 Å². The predicted octanol–water partition coefficient (Wildman–Crippen LogP) is 2.09. The largest absolute Gasteiger partial charge is 0.393 e. The van der Waals surface area contributed by atoms with Crippen LogP contribution in [-0.4, -0.2) is 17.0 Å². The van der Waals surface area contributed by atoms with Gasteiger partial charge in [0.05, 0.1) is 11.0 Å². The molecule has 0 amide bonds. The molecule has 1 N–H and O–H groups in total. The predicted molar refractivity (Wildman–Crippen MR) is 49.6 cm³/mol. The van der Waals surface area contributed by atoms with E-state index in [2.05, 4.69) is 0 Å². The van der Waals surface area contributed by atoms with Crippen molar-refractivity contribution in [3.05, 3.63) is 22.4 Å². The van der Waals surface area contributed by atoms with E-state index in [9.17, 15) is 9.90 Å². The molecule has 1 atom stereocenters. The summed E-state index contributed by atoms with van der Waals surface area (Å²) in [5.41, 5.74) is 0. The molecule has 1 aromatic heterocycles. The Labute approximate surface area is 75.9 Å². The number of thiophene rings is 1. The molecule has 0 saturated heterocycles. The van der Waals surface area contributed by atoms with E-state index in [1.807, 2.05) is 18.4 Å². The Kier molecular flexibility index (Phi) is 3.44. The molecule has 12 heavy (non-hydrogen) atoms. The van der Waals surface area contributed by atoms with Gasteiger partial charge in [-0.3, -0.25) is 4.79 Å². The zero-order valence-electron chi connectivity index (χ0n) is 6.99. The Morgan fingerprint density at radius 1 is 1.75 bits per heavy atom. The number of aliphatic hydroxyl groups is 1. The molecule has 0 spiro atoms. The number of carbonyl (C=O) groups excluding carboxylic acids is 1. The number of ketones is 1. The fourth-order valence-electron chi connectivity index (χ4n) is 0.896. The molecule has 66 valence electrons. The molecule has 0 bridgehead atoms. The first-order valence-electron chi connectivity index (χ1n) is 3.98. The lowest BCUT2D eigenvalue weighted by Crippen LogP contribution is -2.11. The highest BCUT2D eigenvalue weighted by atomic mass is 32.1. The molecule has 0 aliphatic heterocycles. The summed E-state index contributed by atoms with van der Waals surface area (Å²) in [4.78, 5) is 12.1. The molecule has 0 aliphatic rings. The third-order valence-corrected chi connectivity index (χ3v) is 2.60. The molecule has 0 radical (unpaired) electrons. The van der Waals surface area contributed by atoms with Crippen molar-refractivity contribution in [2.24, 2.45) is 0 Å². The van der Waals surface area contributed by atoms with E-state index >= 15 is 0 Å². The van der Waals surface area contributed by atoms with Crippen LogP contribution >= 0.6 is 11.3 Å². The first kappa shape index (κ1) is 9.42. The lowest BCUT2D eigenvalue weighted by Gasteiger charge is -2.03. The fraction of sp³-hybridized carbons (Fsp3) is 0.444. The van der Waals surface area contributed by atoms with Crippen LogP contribution in [0.5, 0.6) is 0 Å². The Morgan fingerprint density at radius 3 is 3.00 bits per heavy atom. The monoisotopic (exact) mass is 184 g/mol. The lowest BCUT2D eigenvalue weighted by atomic mass is 10.1. The summed E-state index contributed by atoms with van der Waals surface area (Å²) >= 11 is 1.42. The smallest absolute Gasteiger partial charge is 0.175 e. The second kappa shape index (κ2) is 4.38. The van der Waals surface area contributed by atoms with Gasteiger partial charge in [-0.15, -0.1) is 11.3 Å². The SMILES string of the molecule is CCC(O)CC(=O)c1cccs1. The second-order valence-corrected chi connectivity index (χ2v) is 3.61. The maximum Gasteiger partial charge on any atom is 0.175 e. The quantitative estimate of drug-likeness (QED) is 0.727. The Balaban J connectivity index is 2.50. The molecule has 1 rings (SSSR count). The van der Waals surface area contributed by atoms with E-state index in [-0.39, 0.29) is 12.2 Å². The maximum absolute atomic E-state index is 11.3. The van der Waals surface area contributed by atoms with Gasteiger partial charge in [-0.25, -0.2) is 0 Å². The lowest BCUT2D eigenvalue weighted by molar-refractivity contribution is 0.0879. The van der Waals surface area contributed by atoms with E-state index in [0.717, 1.165) is 4.88 Å². The van der Waals surface area contributed by atoms with Crippen molar-refractivity contribution < 1.29 is 9.90 Å². The van der Waals surface area contributed by atoms with Gasteiger partial charge in [0.25, 0.3) is 0 Å². The third kappa shape index (κ3) is 2.43. The average molecular weight is 184 g/mol. The second-order valence-electron chi connectivity index (χ2n) is 2.67. The van der Waals surface area contributed by atoms with Crippen LogP contribution in [0, 0.1) is 0 Å². The first-order valence-corrected chi connectivity index (χ1v) is 4.86. The van der Waals surface area contributed by atoms with Gasteiger partial charge in [0.15, 0.2) is 5.78 Å². The molecule has 2 nitrogen and oxygen atoms in total. The molecule has 0 saturated carbocycles. The fourth-order valence-corrected chi connectivity index (χ4v) is 1.57. The number of Topliss-reactive ketones (excluding diaryl/α,β-unsaturated/α-hetero) is 1. The van der Waals surface area contributed by atoms with Crippen LogP contribution < -0.4 is 0 Å². The average Bonchev–Trinajstić information content (AvgIpc) is 2.56. The van der Waals surface area contributed by atoms with E-state index < -0.39 is 6.10 Å². The van der Waals surface area contributed by atoms with Gasteiger partial charge in [-0.1, -0.05) is 13.0 Å². The summed E-state index contributed by atoms with van der Waals surface area (Å²) in [5.74, 6) is 0.0411. The topological polar surface area (TPSA) is 37.3 Å². The van der Waals surface area contributed by atoms with Crippen LogP contribution in [0.15, 0.2) is 17.5 Å². The van der Waals surface area contributed by atoms with Gasteiger partial charge in [-0.2, -0.15) is 0 Å². The van der Waals surface area contributed by atoms with Gasteiger partial charge >= 0.3 is 0 Å². The van der Waals surface area contributed by atoms with Crippen LogP contribution in [-0.2, 0) is 0 Å². The highest BCUT2D eigenvalue weighted by molar-refractivity contribution is 7.12. The molecular formula is C9H12O2S. The van der Waals surface area contributed by atoms with Gasteiger partial charge in [0.1, 0.15) is 0 Å². The van der Waals surface area contributed by atoms with Crippen LogP contribution in [0.3, 0.4) is 0 Å². The van der Waals surface area contributed by atoms with Crippen molar-refractivity contribution in [1.82, 2.24) is 0 Å². The minimum atomic E-state index is -0.486. The molecule has 1 unspecified atom stereocenters. The summed E-state index contributed by atoms with van der Waals surface area (Å²) in [5, 5.41) is 11.1. The number of carbonyl (C=O) groups is 1. The van der Waals surface area contributed by atoms with Crippen molar-refractivity contribution >= 4 is 17.1 Å². The first-order chi connectivity index (χ1) is 5.74. The number of hydrogen-bond acceptors (Lipinski definition) is 3. The van der Waals surface area contributed by atoms with Crippen LogP contribution in [0.4, 0.5) is 0 Å². The van der Waals surface area contributed by atoms with Crippen LogP contribution in [0.25, 0.3) is 0 Å². The number of aliphatic hydroxyl groups excluding tert-OH is 1. The molecule has 3 heteroatoms. The minimum absolute atomic E-state index is 0.0411. The van der Waals surface area contributed by atoms with E-state index in [1.165, 1.54) is 11.3 Å². The van der Waals surface area contributed by atoms with Crippen LogP contribution in [0.2, 0.25) is 0 Å². The van der Waals surface area contributed by atoms with E-state index in [4.69, 9.17) is 0 Å². The van der Waals surface area contributed by atoms with E-state index in [1.54, 1.807) is 6.07 Å². The standard InChI is InChI=1S/C9H12O2S/c1-2-7(10)6-8(11)9-4-3-5-12-9/h3-5,7,10H,2,6H2,1H3. The normalized spacial score (nSPS) is 12.8. The summed E-state index contributed by atoms with van der Waals surface area (Å²) in [6.07, 6.45) is 0.397. The molecular weight excluding hydrogens is 172 g/mol. The van der Waals surface area contributed by atoms with Crippen LogP contribution in [0.1, 0.15) is 29.4 Å². The van der Waals surface area contributed by atoms with Crippen molar-refractivity contribution in [3.63, 3.8) is 0 Å². The van der Waals surface area contributed by atoms with Crippen molar-refractivity contribution in [1.29, 1.82) is 0 Å². The van der Waals surface area contributed by atoms with Crippen molar-refractivity contribution in [3.8, 4) is 0 Å². The maximum atomic E-state index is 11.3. The minimum Gasteiger partial charge on any atom is -0.393 e. The Morgan fingerprint density at radius 2 is 2.50 bits per heavy atom. The van der Waals surface area contributed by atoms with E-state index in [0.29, 0.717) is 6.42 Å². The van der Waals surface area contributed by atoms with Gasteiger partial charge in [-0.05, 0) is 17.9 Å². The molecule has 1 heterocycles. The van der Waals surface area contributed by atoms with Crippen molar-refractivity contribution in [2.75, 3.05) is 0 Å². The zero-order chi connectivity index (χ0) is 8.97. The molecule has 0 fully saturated rings. The molecule has 0 aliphatic carbocycles. The Hall–Kier alpha value is -0.670. The third-order valence-electron chi connectivity index (χ3n) is 1.69. The summed E-state index contributed by atoms with van der Waals surface area (Å²) in [6, 6.07) is 3.63. The number of hydrogen-bond donors (Lipinski definition) is 1. The Bertz CT molecular complexity index is 241. The summed E-state index contributed by atoms with van der Waals surface area (Å²) < 4.78 is 0. The zero-order valence-corrected chi connectivity index (χ0v) is 7.80.